The number of rotatable bonds is 3. The Hall–Kier alpha value is -1.89. The van der Waals surface area contributed by atoms with Crippen molar-refractivity contribution in [1.29, 1.82) is 0 Å². The second kappa shape index (κ2) is 6.55. The fraction of sp³-hybridized carbons (Fsp3) is 0.706. The highest BCUT2D eigenvalue weighted by atomic mass is 16.5. The molecule has 0 spiro atoms. The minimum atomic E-state index is 0.00314. The molecule has 0 bridgehead atoms. The molecule has 1 aromatic rings. The minimum Gasteiger partial charge on any atom is -0.381 e. The summed E-state index contributed by atoms with van der Waals surface area (Å²) in [5.74, 6) is 1.82. The van der Waals surface area contributed by atoms with Crippen LogP contribution in [0.1, 0.15) is 24.2 Å². The topological polar surface area (TPSA) is 70.6 Å². The molecule has 3 aliphatic heterocycles. The van der Waals surface area contributed by atoms with E-state index in [0.29, 0.717) is 18.4 Å². The number of fused-ring (bicyclic) bond motifs is 1. The van der Waals surface area contributed by atoms with Crippen LogP contribution in [0.15, 0.2) is 6.07 Å². The Kier molecular flexibility index (Phi) is 4.26. The summed E-state index contributed by atoms with van der Waals surface area (Å²) in [6, 6.07) is 1.95. The molecule has 1 aromatic heterocycles. The van der Waals surface area contributed by atoms with Crippen molar-refractivity contribution < 1.29 is 9.53 Å². The normalized spacial score (nSPS) is 26.0. The molecule has 7 heteroatoms. The average Bonchev–Trinajstić information content (AvgIpc) is 3.27. The summed E-state index contributed by atoms with van der Waals surface area (Å²) in [7, 11) is 0. The number of ether oxygens (including phenoxy) is 1. The van der Waals surface area contributed by atoms with Crippen molar-refractivity contribution in [3.05, 3.63) is 17.5 Å². The van der Waals surface area contributed by atoms with Crippen LogP contribution in [0.5, 0.6) is 0 Å². The maximum atomic E-state index is 12.4. The molecule has 3 saturated heterocycles. The van der Waals surface area contributed by atoms with Gasteiger partial charge in [-0.3, -0.25) is 0 Å². The molecule has 7 nitrogen and oxygen atoms in total. The summed E-state index contributed by atoms with van der Waals surface area (Å²) in [6.07, 6.45) is 2.40. The Labute approximate surface area is 142 Å². The summed E-state index contributed by atoms with van der Waals surface area (Å²) >= 11 is 0. The van der Waals surface area contributed by atoms with Gasteiger partial charge in [-0.15, -0.1) is 0 Å². The zero-order valence-corrected chi connectivity index (χ0v) is 14.2. The van der Waals surface area contributed by atoms with Gasteiger partial charge in [0, 0.05) is 43.7 Å². The van der Waals surface area contributed by atoms with E-state index in [0.717, 1.165) is 56.7 Å². The van der Waals surface area contributed by atoms with Crippen molar-refractivity contribution in [2.75, 3.05) is 44.3 Å². The van der Waals surface area contributed by atoms with Crippen LogP contribution >= 0.6 is 0 Å². The first kappa shape index (κ1) is 15.6. The standard InChI is InChI=1S/C17H25N5O2/c1-12-6-15(20-16(19-12)21-4-2-3-5-21)7-18-17(23)22-8-13-10-24-11-14(13)9-22/h6,13-14H,2-5,7-11H2,1H3,(H,18,23)/t13-,14+. The molecular weight excluding hydrogens is 306 g/mol. The van der Waals surface area contributed by atoms with Gasteiger partial charge in [-0.05, 0) is 25.8 Å². The van der Waals surface area contributed by atoms with Gasteiger partial charge in [-0.2, -0.15) is 0 Å². The van der Waals surface area contributed by atoms with Crippen LogP contribution in [-0.2, 0) is 11.3 Å². The van der Waals surface area contributed by atoms with E-state index in [4.69, 9.17) is 4.74 Å². The first-order chi connectivity index (χ1) is 11.7. The van der Waals surface area contributed by atoms with E-state index < -0.39 is 0 Å². The van der Waals surface area contributed by atoms with Crippen LogP contribution < -0.4 is 10.2 Å². The molecule has 3 fully saturated rings. The number of urea groups is 1. The first-order valence-electron chi connectivity index (χ1n) is 8.89. The van der Waals surface area contributed by atoms with Gasteiger partial charge in [-0.1, -0.05) is 0 Å². The number of carbonyl (C=O) groups is 1. The maximum Gasteiger partial charge on any atom is 0.317 e. The number of aromatic nitrogens is 2. The van der Waals surface area contributed by atoms with E-state index in [1.54, 1.807) is 0 Å². The highest BCUT2D eigenvalue weighted by Crippen LogP contribution is 2.29. The van der Waals surface area contributed by atoms with Gasteiger partial charge < -0.3 is 19.9 Å². The van der Waals surface area contributed by atoms with Crippen molar-refractivity contribution in [2.45, 2.75) is 26.3 Å². The molecule has 0 saturated carbocycles. The van der Waals surface area contributed by atoms with Gasteiger partial charge in [0.2, 0.25) is 5.95 Å². The second-order valence-electron chi connectivity index (χ2n) is 7.12. The van der Waals surface area contributed by atoms with E-state index in [-0.39, 0.29) is 6.03 Å². The second-order valence-corrected chi connectivity index (χ2v) is 7.12. The number of aryl methyl sites for hydroxylation is 1. The lowest BCUT2D eigenvalue weighted by molar-refractivity contribution is 0.154. The molecule has 0 unspecified atom stereocenters. The van der Waals surface area contributed by atoms with Gasteiger partial charge in [0.25, 0.3) is 0 Å². The molecule has 0 aliphatic carbocycles. The summed E-state index contributed by atoms with van der Waals surface area (Å²) in [5.41, 5.74) is 1.82. The molecule has 0 aromatic carbocycles. The highest BCUT2D eigenvalue weighted by molar-refractivity contribution is 5.74. The summed E-state index contributed by atoms with van der Waals surface area (Å²) in [4.78, 5) is 25.7. The van der Waals surface area contributed by atoms with E-state index in [2.05, 4.69) is 20.2 Å². The van der Waals surface area contributed by atoms with Gasteiger partial charge in [-0.25, -0.2) is 14.8 Å². The SMILES string of the molecule is Cc1cc(CNC(=O)N2C[C@H]3COC[C@H]3C2)nc(N2CCCC2)n1. The summed E-state index contributed by atoms with van der Waals surface area (Å²) in [6.45, 7) is 7.66. The number of likely N-dealkylation sites (tertiary alicyclic amines) is 1. The fourth-order valence-corrected chi connectivity index (χ4v) is 3.90. The van der Waals surface area contributed by atoms with Gasteiger partial charge in [0.05, 0.1) is 25.5 Å². The van der Waals surface area contributed by atoms with Crippen molar-refractivity contribution in [3.8, 4) is 0 Å². The van der Waals surface area contributed by atoms with Crippen LogP contribution in [0.25, 0.3) is 0 Å². The predicted molar refractivity (Wildman–Crippen MR) is 89.8 cm³/mol. The van der Waals surface area contributed by atoms with Crippen molar-refractivity contribution in [1.82, 2.24) is 20.2 Å². The molecule has 130 valence electrons. The Morgan fingerprint density at radius 1 is 1.25 bits per heavy atom. The lowest BCUT2D eigenvalue weighted by Gasteiger charge is -2.19. The molecular formula is C17H25N5O2. The lowest BCUT2D eigenvalue weighted by atomic mass is 10.0. The molecule has 0 radical (unpaired) electrons. The third-order valence-electron chi connectivity index (χ3n) is 5.23. The van der Waals surface area contributed by atoms with Gasteiger partial charge >= 0.3 is 6.03 Å². The summed E-state index contributed by atoms with van der Waals surface area (Å²) in [5, 5.41) is 3.01. The van der Waals surface area contributed by atoms with Crippen LogP contribution in [0.4, 0.5) is 10.7 Å². The number of nitrogens with one attached hydrogen (secondary N) is 1. The minimum absolute atomic E-state index is 0.00314. The molecule has 4 rings (SSSR count). The number of hydrogen-bond donors (Lipinski definition) is 1. The first-order valence-corrected chi connectivity index (χ1v) is 8.89. The number of nitrogens with zero attached hydrogens (tertiary/aromatic N) is 4. The van der Waals surface area contributed by atoms with Gasteiger partial charge in [0.1, 0.15) is 0 Å². The van der Waals surface area contributed by atoms with Crippen LogP contribution in [0, 0.1) is 18.8 Å². The lowest BCUT2D eigenvalue weighted by Crippen LogP contribution is -2.39. The molecule has 3 aliphatic rings. The summed E-state index contributed by atoms with van der Waals surface area (Å²) < 4.78 is 5.46. The number of anilines is 1. The monoisotopic (exact) mass is 331 g/mol. The van der Waals surface area contributed by atoms with E-state index >= 15 is 0 Å². The zero-order valence-electron chi connectivity index (χ0n) is 14.2. The zero-order chi connectivity index (χ0) is 16.5. The molecule has 1 N–H and O–H groups in total. The molecule has 2 amide bonds. The van der Waals surface area contributed by atoms with Crippen molar-refractivity contribution >= 4 is 12.0 Å². The van der Waals surface area contributed by atoms with Crippen LogP contribution in [0.3, 0.4) is 0 Å². The highest BCUT2D eigenvalue weighted by Gasteiger charge is 2.38. The van der Waals surface area contributed by atoms with E-state index in [1.165, 1.54) is 12.8 Å². The maximum absolute atomic E-state index is 12.4. The predicted octanol–water partition coefficient (Wildman–Crippen LogP) is 1.17. The molecule has 4 heterocycles. The Bertz CT molecular complexity index is 605. The Morgan fingerprint density at radius 2 is 1.96 bits per heavy atom. The van der Waals surface area contributed by atoms with Crippen molar-refractivity contribution in [3.63, 3.8) is 0 Å². The van der Waals surface area contributed by atoms with Crippen LogP contribution in [0.2, 0.25) is 0 Å². The quantitative estimate of drug-likeness (QED) is 0.900. The third-order valence-corrected chi connectivity index (χ3v) is 5.23. The molecule has 24 heavy (non-hydrogen) atoms. The number of hydrogen-bond acceptors (Lipinski definition) is 5. The van der Waals surface area contributed by atoms with Gasteiger partial charge in [0.15, 0.2) is 0 Å². The van der Waals surface area contributed by atoms with E-state index in [9.17, 15) is 4.79 Å². The Morgan fingerprint density at radius 3 is 2.67 bits per heavy atom. The fourth-order valence-electron chi connectivity index (χ4n) is 3.90. The smallest absolute Gasteiger partial charge is 0.317 e. The average molecular weight is 331 g/mol. The molecule has 2 atom stereocenters. The largest absolute Gasteiger partial charge is 0.381 e. The van der Waals surface area contributed by atoms with E-state index in [1.807, 2.05) is 17.9 Å². The number of amides is 2. The van der Waals surface area contributed by atoms with Crippen LogP contribution in [-0.4, -0.2) is 60.3 Å². The van der Waals surface area contributed by atoms with Crippen molar-refractivity contribution in [2.24, 2.45) is 11.8 Å². The number of carbonyl (C=O) groups excluding carboxylic acids is 1. The third kappa shape index (κ3) is 3.17. The Balaban J connectivity index is 1.36.